The molecule has 0 radical (unpaired) electrons. The van der Waals surface area contributed by atoms with E-state index in [-0.39, 0.29) is 17.2 Å². The first-order chi connectivity index (χ1) is 21.3. The fraction of sp³-hybridized carbons (Fsp3) is 0.147. The minimum atomic E-state index is -0.567. The molecule has 2 N–H and O–H groups in total. The van der Waals surface area contributed by atoms with Gasteiger partial charge in [0.2, 0.25) is 0 Å². The first kappa shape index (κ1) is 31.7. The van der Waals surface area contributed by atoms with E-state index in [9.17, 15) is 14.4 Å². The second-order valence-electron chi connectivity index (χ2n) is 9.25. The number of ether oxygens (including phenoxy) is 4. The number of benzene rings is 4. The summed E-state index contributed by atoms with van der Waals surface area (Å²) in [5.74, 6) is 1.09. The van der Waals surface area contributed by atoms with Crippen LogP contribution in [-0.2, 0) is 4.79 Å². The van der Waals surface area contributed by atoms with Gasteiger partial charge >= 0.3 is 0 Å². The maximum Gasteiger partial charge on any atom is 0.272 e. The number of methoxy groups -OCH3 is 4. The highest BCUT2D eigenvalue weighted by Gasteiger charge is 2.18. The van der Waals surface area contributed by atoms with Crippen molar-refractivity contribution in [2.24, 2.45) is 0 Å². The zero-order chi connectivity index (χ0) is 31.5. The molecule has 0 aliphatic carbocycles. The highest BCUT2D eigenvalue weighted by Crippen LogP contribution is 2.35. The SMILES string of the molecule is COc1ccc(C(=O)CSc2cccc(NC(=O)/C(=C/c3cc(OC)c(OC)cc3OC)NC(=O)c3ccccc3)c2)cc1. The lowest BCUT2D eigenvalue weighted by atomic mass is 10.1. The van der Waals surface area contributed by atoms with E-state index in [2.05, 4.69) is 10.6 Å². The van der Waals surface area contributed by atoms with Gasteiger partial charge in [-0.15, -0.1) is 11.8 Å². The Bertz CT molecular complexity index is 1650. The number of nitrogens with one attached hydrogen (secondary N) is 2. The topological polar surface area (TPSA) is 112 Å². The number of Topliss-reactive ketones (excluding diaryl/α,β-unsaturated/α-hetero) is 1. The summed E-state index contributed by atoms with van der Waals surface area (Å²) in [6.45, 7) is 0. The number of amides is 2. The van der Waals surface area contributed by atoms with Crippen molar-refractivity contribution in [3.05, 3.63) is 113 Å². The molecule has 0 aliphatic heterocycles. The van der Waals surface area contributed by atoms with Gasteiger partial charge in [-0.25, -0.2) is 0 Å². The number of carbonyl (C=O) groups is 3. The molecule has 0 saturated carbocycles. The summed E-state index contributed by atoms with van der Waals surface area (Å²) < 4.78 is 21.5. The molecular formula is C34H32N2O7S. The second kappa shape index (κ2) is 15.3. The summed E-state index contributed by atoms with van der Waals surface area (Å²) in [5, 5.41) is 5.57. The van der Waals surface area contributed by atoms with Crippen molar-refractivity contribution < 1.29 is 33.3 Å². The molecule has 0 saturated heterocycles. The standard InChI is InChI=1S/C34H32N2O7S/c1-40-26-15-13-22(14-16-26)29(37)21-44-27-12-8-11-25(19-27)35-34(39)28(36-33(38)23-9-6-5-7-10-23)17-24-18-31(42-3)32(43-4)20-30(24)41-2/h5-20H,21H2,1-4H3,(H,35,39)(H,36,38)/b28-17-. The van der Waals surface area contributed by atoms with Gasteiger partial charge in [-0.05, 0) is 66.7 Å². The van der Waals surface area contributed by atoms with Gasteiger partial charge in [0.05, 0.1) is 34.2 Å². The Morgan fingerprint density at radius 1 is 0.705 bits per heavy atom. The first-order valence-electron chi connectivity index (χ1n) is 13.4. The van der Waals surface area contributed by atoms with Crippen molar-refractivity contribution in [2.45, 2.75) is 4.90 Å². The van der Waals surface area contributed by atoms with E-state index in [0.29, 0.717) is 45.4 Å². The van der Waals surface area contributed by atoms with E-state index in [0.717, 1.165) is 4.90 Å². The molecule has 0 unspecified atom stereocenters. The Balaban J connectivity index is 1.57. The molecule has 0 bridgehead atoms. The highest BCUT2D eigenvalue weighted by atomic mass is 32.2. The molecule has 4 aromatic carbocycles. The molecule has 0 heterocycles. The van der Waals surface area contributed by atoms with Gasteiger partial charge in [-0.1, -0.05) is 24.3 Å². The fourth-order valence-electron chi connectivity index (χ4n) is 4.13. The maximum atomic E-state index is 13.6. The summed E-state index contributed by atoms with van der Waals surface area (Å²) >= 11 is 1.35. The Hall–Kier alpha value is -5.22. The Morgan fingerprint density at radius 2 is 1.39 bits per heavy atom. The average molecular weight is 613 g/mol. The zero-order valence-corrected chi connectivity index (χ0v) is 25.5. The summed E-state index contributed by atoms with van der Waals surface area (Å²) in [4.78, 5) is 40.2. The van der Waals surface area contributed by atoms with Crippen LogP contribution < -0.4 is 29.6 Å². The molecule has 0 aromatic heterocycles. The molecule has 4 aromatic rings. The average Bonchev–Trinajstić information content (AvgIpc) is 3.07. The summed E-state index contributed by atoms with van der Waals surface area (Å²) in [6, 6.07) is 25.9. The lowest BCUT2D eigenvalue weighted by Crippen LogP contribution is -2.30. The molecule has 0 aliphatic rings. The second-order valence-corrected chi connectivity index (χ2v) is 10.3. The fourth-order valence-corrected chi connectivity index (χ4v) is 4.98. The van der Waals surface area contributed by atoms with Crippen LogP contribution in [0.3, 0.4) is 0 Å². The van der Waals surface area contributed by atoms with E-state index in [1.165, 1.54) is 39.2 Å². The van der Waals surface area contributed by atoms with Crippen molar-refractivity contribution in [2.75, 3.05) is 39.5 Å². The van der Waals surface area contributed by atoms with Crippen LogP contribution in [0.1, 0.15) is 26.3 Å². The molecule has 9 nitrogen and oxygen atoms in total. The molecular weight excluding hydrogens is 580 g/mol. The van der Waals surface area contributed by atoms with Crippen LogP contribution in [0.5, 0.6) is 23.0 Å². The summed E-state index contributed by atoms with van der Waals surface area (Å²) in [5.41, 5.74) is 1.89. The zero-order valence-electron chi connectivity index (χ0n) is 24.7. The Labute approximate surface area is 260 Å². The van der Waals surface area contributed by atoms with E-state index in [1.54, 1.807) is 92.0 Å². The largest absolute Gasteiger partial charge is 0.497 e. The van der Waals surface area contributed by atoms with E-state index >= 15 is 0 Å². The van der Waals surface area contributed by atoms with E-state index < -0.39 is 11.8 Å². The number of anilines is 1. The number of hydrogen-bond acceptors (Lipinski definition) is 8. The number of thioether (sulfide) groups is 1. The van der Waals surface area contributed by atoms with Crippen LogP contribution in [0, 0.1) is 0 Å². The molecule has 0 fully saturated rings. The van der Waals surface area contributed by atoms with E-state index in [1.807, 2.05) is 6.07 Å². The van der Waals surface area contributed by atoms with Gasteiger partial charge in [0.15, 0.2) is 17.3 Å². The first-order valence-corrected chi connectivity index (χ1v) is 14.4. The maximum absolute atomic E-state index is 13.6. The van der Waals surface area contributed by atoms with Crippen molar-refractivity contribution in [3.63, 3.8) is 0 Å². The minimum Gasteiger partial charge on any atom is -0.497 e. The van der Waals surface area contributed by atoms with Gasteiger partial charge in [-0.3, -0.25) is 14.4 Å². The van der Waals surface area contributed by atoms with Gasteiger partial charge in [0, 0.05) is 33.3 Å². The van der Waals surface area contributed by atoms with Crippen LogP contribution in [0.4, 0.5) is 5.69 Å². The number of hydrogen-bond donors (Lipinski definition) is 2. The van der Waals surface area contributed by atoms with Crippen LogP contribution in [0.25, 0.3) is 6.08 Å². The number of rotatable bonds is 13. The lowest BCUT2D eigenvalue weighted by molar-refractivity contribution is -0.113. The number of ketones is 1. The normalized spacial score (nSPS) is 10.9. The third-order valence-electron chi connectivity index (χ3n) is 6.44. The predicted octanol–water partition coefficient (Wildman–Crippen LogP) is 6.11. The molecule has 44 heavy (non-hydrogen) atoms. The van der Waals surface area contributed by atoms with Gasteiger partial charge in [0.25, 0.3) is 11.8 Å². The lowest BCUT2D eigenvalue weighted by Gasteiger charge is -2.15. The highest BCUT2D eigenvalue weighted by molar-refractivity contribution is 8.00. The third kappa shape index (κ3) is 8.20. The van der Waals surface area contributed by atoms with Gasteiger partial charge in [-0.2, -0.15) is 0 Å². The van der Waals surface area contributed by atoms with Crippen molar-refractivity contribution >= 4 is 41.1 Å². The van der Waals surface area contributed by atoms with Crippen molar-refractivity contribution in [1.82, 2.24) is 5.32 Å². The van der Waals surface area contributed by atoms with Crippen LogP contribution >= 0.6 is 11.8 Å². The quantitative estimate of drug-likeness (QED) is 0.106. The molecule has 2 amide bonds. The smallest absolute Gasteiger partial charge is 0.272 e. The molecule has 226 valence electrons. The molecule has 4 rings (SSSR count). The van der Waals surface area contributed by atoms with E-state index in [4.69, 9.17) is 18.9 Å². The van der Waals surface area contributed by atoms with Crippen LogP contribution in [0.15, 0.2) is 102 Å². The van der Waals surface area contributed by atoms with Gasteiger partial charge < -0.3 is 29.6 Å². The molecule has 0 spiro atoms. The van der Waals surface area contributed by atoms with Crippen LogP contribution in [-0.4, -0.2) is 51.8 Å². The molecule has 0 atom stereocenters. The van der Waals surface area contributed by atoms with Gasteiger partial charge in [0.1, 0.15) is 17.2 Å². The predicted molar refractivity (Wildman–Crippen MR) is 171 cm³/mol. The van der Waals surface area contributed by atoms with Crippen molar-refractivity contribution in [1.29, 1.82) is 0 Å². The summed E-state index contributed by atoms with van der Waals surface area (Å²) in [7, 11) is 6.07. The Morgan fingerprint density at radius 3 is 2.05 bits per heavy atom. The minimum absolute atomic E-state index is 0.0305. The number of carbonyl (C=O) groups excluding carboxylic acids is 3. The van der Waals surface area contributed by atoms with Crippen LogP contribution in [0.2, 0.25) is 0 Å². The summed E-state index contributed by atoms with van der Waals surface area (Å²) in [6.07, 6.45) is 1.50. The molecule has 10 heteroatoms. The third-order valence-corrected chi connectivity index (χ3v) is 7.43. The Kier molecular flexibility index (Phi) is 11.0. The monoisotopic (exact) mass is 612 g/mol. The van der Waals surface area contributed by atoms with Crippen molar-refractivity contribution in [3.8, 4) is 23.0 Å².